The van der Waals surface area contributed by atoms with Gasteiger partial charge in [-0.3, -0.25) is 9.59 Å². The Hall–Kier alpha value is -3.64. The molecule has 1 saturated carbocycles. The van der Waals surface area contributed by atoms with Crippen molar-refractivity contribution in [3.8, 4) is 23.0 Å². The number of methoxy groups -OCH3 is 1. The predicted octanol–water partition coefficient (Wildman–Crippen LogP) is 1.53. The lowest BCUT2D eigenvalue weighted by molar-refractivity contribution is -0.286. The average Bonchev–Trinajstić information content (AvgIpc) is 3.63. The number of hydrogen-bond donors (Lipinski definition) is 4. The van der Waals surface area contributed by atoms with Gasteiger partial charge in [0.15, 0.2) is 17.6 Å². The number of benzene rings is 2. The van der Waals surface area contributed by atoms with Gasteiger partial charge >= 0.3 is 6.29 Å². The van der Waals surface area contributed by atoms with Gasteiger partial charge in [-0.2, -0.15) is 0 Å². The zero-order valence-electron chi connectivity index (χ0n) is 19.8. The largest absolute Gasteiger partial charge is 0.586 e. The van der Waals surface area contributed by atoms with Crippen molar-refractivity contribution in [2.75, 3.05) is 20.3 Å². The van der Waals surface area contributed by atoms with E-state index in [1.165, 1.54) is 19.2 Å². The molecule has 0 bridgehead atoms. The highest BCUT2D eigenvalue weighted by molar-refractivity contribution is 5.92. The summed E-state index contributed by atoms with van der Waals surface area (Å²) in [6, 6.07) is 7.90. The molecule has 2 atom stereocenters. The number of amides is 2. The summed E-state index contributed by atoms with van der Waals surface area (Å²) in [7, 11) is 1.49. The monoisotopic (exact) mass is 520 g/mol. The minimum Gasteiger partial charge on any atom is -0.497 e. The molecule has 0 saturated heterocycles. The molecule has 10 nitrogen and oxygen atoms in total. The van der Waals surface area contributed by atoms with Crippen LogP contribution in [-0.4, -0.2) is 60.8 Å². The van der Waals surface area contributed by atoms with E-state index in [0.717, 1.165) is 0 Å². The summed E-state index contributed by atoms with van der Waals surface area (Å²) < 4.78 is 47.1. The third-order valence-corrected chi connectivity index (χ3v) is 6.84. The molecule has 2 aromatic rings. The smallest absolute Gasteiger partial charge is 0.497 e. The zero-order valence-corrected chi connectivity index (χ0v) is 19.8. The molecule has 0 radical (unpaired) electrons. The predicted molar refractivity (Wildman–Crippen MR) is 123 cm³/mol. The number of aliphatic hydroxyl groups excluding tert-OH is 2. The van der Waals surface area contributed by atoms with E-state index in [1.54, 1.807) is 24.3 Å². The molecule has 3 aliphatic rings. The fraction of sp³-hybridized carbons (Fsp3) is 0.440. The lowest BCUT2D eigenvalue weighted by Crippen LogP contribution is -2.50. The van der Waals surface area contributed by atoms with Crippen molar-refractivity contribution in [1.82, 2.24) is 10.6 Å². The quantitative estimate of drug-likeness (QED) is 0.412. The van der Waals surface area contributed by atoms with E-state index in [-0.39, 0.29) is 23.8 Å². The summed E-state index contributed by atoms with van der Waals surface area (Å²) in [5.41, 5.74) is 0.230. The lowest BCUT2D eigenvalue weighted by Gasteiger charge is -2.33. The minimum absolute atomic E-state index is 0.0872. The third-order valence-electron chi connectivity index (χ3n) is 6.84. The number of alkyl halides is 2. The number of carbonyl (C=O) groups excluding carboxylic acids is 2. The maximum Gasteiger partial charge on any atom is 0.586 e. The molecule has 2 amide bonds. The van der Waals surface area contributed by atoms with Gasteiger partial charge < -0.3 is 39.8 Å². The fourth-order valence-corrected chi connectivity index (χ4v) is 4.63. The Labute approximate surface area is 210 Å². The van der Waals surface area contributed by atoms with Crippen molar-refractivity contribution in [3.63, 3.8) is 0 Å². The van der Waals surface area contributed by atoms with Crippen LogP contribution in [0.5, 0.6) is 23.0 Å². The first-order valence-corrected chi connectivity index (χ1v) is 11.8. The summed E-state index contributed by atoms with van der Waals surface area (Å²) in [6.07, 6.45) is -3.68. The number of rotatable bonds is 8. The van der Waals surface area contributed by atoms with Gasteiger partial charge in [0.2, 0.25) is 5.91 Å². The van der Waals surface area contributed by atoms with Gasteiger partial charge in [0, 0.05) is 18.1 Å². The highest BCUT2D eigenvalue weighted by atomic mass is 19.3. The second kappa shape index (κ2) is 9.34. The van der Waals surface area contributed by atoms with Crippen LogP contribution in [-0.2, 0) is 15.0 Å². The van der Waals surface area contributed by atoms with E-state index in [0.29, 0.717) is 35.5 Å². The van der Waals surface area contributed by atoms with E-state index >= 15 is 0 Å². The Bertz CT molecular complexity index is 1220. The van der Waals surface area contributed by atoms with Gasteiger partial charge in [0.25, 0.3) is 5.91 Å². The SMILES string of the molecule is COc1ccc2c(c1)O[C@@H](C(=O)NC(CO)CO)C[C@@H]2NC(=O)C1(c2ccc3c(c2)OC(F)(F)O3)CC1. The van der Waals surface area contributed by atoms with Gasteiger partial charge in [-0.25, -0.2) is 0 Å². The topological polar surface area (TPSA) is 136 Å². The Balaban J connectivity index is 1.38. The summed E-state index contributed by atoms with van der Waals surface area (Å²) in [5.74, 6) is -0.285. The Kier molecular flexibility index (Phi) is 6.32. The third kappa shape index (κ3) is 4.74. The van der Waals surface area contributed by atoms with Gasteiger partial charge in [-0.05, 0) is 42.7 Å². The van der Waals surface area contributed by atoms with Crippen molar-refractivity contribution < 1.29 is 47.5 Å². The summed E-state index contributed by atoms with van der Waals surface area (Å²) >= 11 is 0. The van der Waals surface area contributed by atoms with E-state index in [1.807, 2.05) is 0 Å². The Morgan fingerprint density at radius 3 is 2.49 bits per heavy atom. The molecular formula is C25H26F2N2O8. The van der Waals surface area contributed by atoms with Crippen LogP contribution in [0.15, 0.2) is 36.4 Å². The molecule has 0 aromatic heterocycles. The molecular weight excluding hydrogens is 494 g/mol. The molecule has 2 aromatic carbocycles. The molecule has 0 unspecified atom stereocenters. The van der Waals surface area contributed by atoms with Crippen LogP contribution in [0.25, 0.3) is 0 Å². The number of fused-ring (bicyclic) bond motifs is 2. The van der Waals surface area contributed by atoms with Gasteiger partial charge in [-0.15, -0.1) is 8.78 Å². The van der Waals surface area contributed by atoms with Crippen molar-refractivity contribution in [1.29, 1.82) is 0 Å². The number of aliphatic hydroxyl groups is 2. The number of ether oxygens (including phenoxy) is 4. The summed E-state index contributed by atoms with van der Waals surface area (Å²) in [5, 5.41) is 24.2. The molecule has 1 aliphatic carbocycles. The first-order chi connectivity index (χ1) is 17.7. The molecule has 2 aliphatic heterocycles. The average molecular weight is 520 g/mol. The molecule has 198 valence electrons. The lowest BCUT2D eigenvalue weighted by atomic mass is 9.91. The standard InChI is InChI=1S/C25H26F2N2O8/c1-34-15-3-4-16-17(10-21(35-19(16)9-15)22(32)28-14(11-30)12-31)29-23(33)24(6-7-24)13-2-5-18-20(8-13)37-25(26,27)36-18/h2-5,8-9,14,17,21,30-31H,6-7,10-12H2,1H3,(H,28,32)(H,29,33)/t17-,21+/m0/s1. The summed E-state index contributed by atoms with van der Waals surface area (Å²) in [6.45, 7) is -0.910. The maximum absolute atomic E-state index is 13.5. The molecule has 37 heavy (non-hydrogen) atoms. The van der Waals surface area contributed by atoms with Gasteiger partial charge in [0.1, 0.15) is 11.5 Å². The number of halogens is 2. The molecule has 2 heterocycles. The van der Waals surface area contributed by atoms with Crippen LogP contribution in [0.3, 0.4) is 0 Å². The van der Waals surface area contributed by atoms with Gasteiger partial charge in [-0.1, -0.05) is 6.07 Å². The van der Waals surface area contributed by atoms with Crippen LogP contribution in [0, 0.1) is 0 Å². The normalized spacial score (nSPS) is 22.0. The van der Waals surface area contributed by atoms with E-state index in [2.05, 4.69) is 20.1 Å². The highest BCUT2D eigenvalue weighted by Crippen LogP contribution is 2.52. The van der Waals surface area contributed by atoms with Crippen molar-refractivity contribution in [3.05, 3.63) is 47.5 Å². The van der Waals surface area contributed by atoms with E-state index in [4.69, 9.17) is 9.47 Å². The number of hydrogen-bond acceptors (Lipinski definition) is 8. The fourth-order valence-electron chi connectivity index (χ4n) is 4.63. The summed E-state index contributed by atoms with van der Waals surface area (Å²) in [4.78, 5) is 26.4. The van der Waals surface area contributed by atoms with Crippen molar-refractivity contribution >= 4 is 11.8 Å². The Morgan fingerprint density at radius 1 is 1.08 bits per heavy atom. The second-order valence-electron chi connectivity index (χ2n) is 9.25. The van der Waals surface area contributed by atoms with Crippen molar-refractivity contribution in [2.24, 2.45) is 0 Å². The molecule has 5 rings (SSSR count). The molecule has 4 N–H and O–H groups in total. The molecule has 0 spiro atoms. The van der Waals surface area contributed by atoms with Crippen LogP contribution in [0.1, 0.15) is 36.4 Å². The Morgan fingerprint density at radius 2 is 1.81 bits per heavy atom. The molecule has 12 heteroatoms. The van der Waals surface area contributed by atoms with Crippen LogP contribution < -0.4 is 29.6 Å². The van der Waals surface area contributed by atoms with E-state index in [9.17, 15) is 28.6 Å². The van der Waals surface area contributed by atoms with Gasteiger partial charge in [0.05, 0.1) is 37.8 Å². The first kappa shape index (κ1) is 25.0. The first-order valence-electron chi connectivity index (χ1n) is 11.8. The number of carbonyl (C=O) groups is 2. The van der Waals surface area contributed by atoms with Crippen LogP contribution >= 0.6 is 0 Å². The van der Waals surface area contributed by atoms with Crippen molar-refractivity contribution in [2.45, 2.75) is 49.2 Å². The molecule has 1 fully saturated rings. The maximum atomic E-state index is 13.5. The zero-order chi connectivity index (χ0) is 26.4. The number of nitrogens with one attached hydrogen (secondary N) is 2. The van der Waals surface area contributed by atoms with E-state index < -0.39 is 49.0 Å². The van der Waals surface area contributed by atoms with Crippen LogP contribution in [0.2, 0.25) is 0 Å². The van der Waals surface area contributed by atoms with Crippen LogP contribution in [0.4, 0.5) is 8.78 Å². The minimum atomic E-state index is -3.76. The second-order valence-corrected chi connectivity index (χ2v) is 9.25. The highest BCUT2D eigenvalue weighted by Gasteiger charge is 2.53.